The Balaban J connectivity index is 0.000000535. The van der Waals surface area contributed by atoms with Gasteiger partial charge in [-0.3, -0.25) is 4.79 Å². The molecule has 2 aliphatic rings. The van der Waals surface area contributed by atoms with E-state index in [1.165, 1.54) is 24.3 Å². The van der Waals surface area contributed by atoms with Crippen LogP contribution in [0.15, 0.2) is 48.5 Å². The third-order valence-electron chi connectivity index (χ3n) is 4.85. The van der Waals surface area contributed by atoms with Crippen molar-refractivity contribution in [2.45, 2.75) is 12.5 Å². The van der Waals surface area contributed by atoms with Crippen LogP contribution in [-0.4, -0.2) is 27.3 Å². The second-order valence-electron chi connectivity index (χ2n) is 6.84. The molecule has 3 aromatic carbocycles. The lowest BCUT2D eigenvalue weighted by Gasteiger charge is -2.36. The van der Waals surface area contributed by atoms with Crippen LogP contribution in [0.25, 0.3) is 0 Å². The number of rotatable bonds is 0. The molecule has 0 unspecified atom stereocenters. The van der Waals surface area contributed by atoms with Crippen LogP contribution in [0.3, 0.4) is 0 Å². The summed E-state index contributed by atoms with van der Waals surface area (Å²) in [5, 5.41) is 27.6. The maximum atomic E-state index is 12.6. The summed E-state index contributed by atoms with van der Waals surface area (Å²) >= 11 is 12.3. The Labute approximate surface area is 186 Å². The Hall–Kier alpha value is -3.42. The molecule has 0 aliphatic carbocycles. The number of hydrogen-bond donors (Lipinski definition) is 3. The number of aromatic hydroxyl groups is 2. The van der Waals surface area contributed by atoms with Crippen molar-refractivity contribution in [1.82, 2.24) is 0 Å². The number of ether oxygens (including phenoxy) is 2. The highest BCUT2D eigenvalue weighted by atomic mass is 35.5. The summed E-state index contributed by atoms with van der Waals surface area (Å²) in [4.78, 5) is 21.6. The monoisotopic (exact) mass is 460 g/mol. The third-order valence-corrected chi connectivity index (χ3v) is 5.45. The van der Waals surface area contributed by atoms with Gasteiger partial charge >= 0.3 is 5.97 Å². The van der Waals surface area contributed by atoms with Gasteiger partial charge in [0.25, 0.3) is 5.97 Å². The van der Waals surface area contributed by atoms with E-state index < -0.39 is 17.5 Å². The fraction of sp³-hybridized carbons (Fsp3) is 0.0909. The average molecular weight is 461 g/mol. The number of halogens is 2. The van der Waals surface area contributed by atoms with Gasteiger partial charge in [-0.1, -0.05) is 41.4 Å². The second kappa shape index (κ2) is 7.37. The molecule has 0 radical (unpaired) electrons. The average Bonchev–Trinajstić information content (AvgIpc) is 2.99. The molecule has 0 fully saturated rings. The lowest BCUT2D eigenvalue weighted by atomic mass is 9.77. The first-order chi connectivity index (χ1) is 14.6. The molecule has 158 valence electrons. The quantitative estimate of drug-likeness (QED) is 0.401. The molecule has 3 aromatic rings. The van der Waals surface area contributed by atoms with Crippen molar-refractivity contribution in [2.24, 2.45) is 0 Å². The van der Waals surface area contributed by atoms with E-state index in [9.17, 15) is 15.0 Å². The van der Waals surface area contributed by atoms with E-state index in [1.807, 2.05) is 0 Å². The van der Waals surface area contributed by atoms with E-state index in [-0.39, 0.29) is 33.0 Å². The van der Waals surface area contributed by atoms with Crippen molar-refractivity contribution in [3.05, 3.63) is 80.8 Å². The van der Waals surface area contributed by atoms with E-state index in [0.29, 0.717) is 22.3 Å². The minimum absolute atomic E-state index is 0.0884. The fourth-order valence-corrected chi connectivity index (χ4v) is 4.01. The molecular formula is C22H14Cl2O7. The SMILES string of the molecule is CC(=O)O.O=C1OC2(c3cc(Cl)c(O)cc3Oc3cc(O)c(Cl)cc32)c2ccccc21. The maximum absolute atomic E-state index is 12.6. The molecule has 0 atom stereocenters. The van der Waals surface area contributed by atoms with E-state index in [2.05, 4.69) is 0 Å². The Bertz CT molecular complexity index is 1190. The number of aliphatic carboxylic acids is 1. The van der Waals surface area contributed by atoms with Gasteiger partial charge < -0.3 is 24.8 Å². The minimum Gasteiger partial charge on any atom is -0.506 e. The van der Waals surface area contributed by atoms with Gasteiger partial charge in [0.15, 0.2) is 5.60 Å². The van der Waals surface area contributed by atoms with Crippen molar-refractivity contribution in [2.75, 3.05) is 0 Å². The van der Waals surface area contributed by atoms with Crippen LogP contribution in [0.5, 0.6) is 23.0 Å². The van der Waals surface area contributed by atoms with Gasteiger partial charge in [0, 0.05) is 35.7 Å². The number of benzene rings is 3. The largest absolute Gasteiger partial charge is 0.506 e. The Morgan fingerprint density at radius 1 is 0.903 bits per heavy atom. The molecule has 2 aliphatic heterocycles. The zero-order valence-corrected chi connectivity index (χ0v) is 17.4. The number of carboxylic acids is 1. The molecule has 2 heterocycles. The van der Waals surface area contributed by atoms with Crippen LogP contribution in [0, 0.1) is 0 Å². The van der Waals surface area contributed by atoms with Gasteiger partial charge in [-0.05, 0) is 18.2 Å². The summed E-state index contributed by atoms with van der Waals surface area (Å²) in [7, 11) is 0. The van der Waals surface area contributed by atoms with E-state index in [1.54, 1.807) is 24.3 Å². The van der Waals surface area contributed by atoms with Crippen molar-refractivity contribution in [3.8, 4) is 23.0 Å². The van der Waals surface area contributed by atoms with E-state index in [4.69, 9.17) is 42.6 Å². The van der Waals surface area contributed by atoms with Crippen LogP contribution in [-0.2, 0) is 15.1 Å². The van der Waals surface area contributed by atoms with Crippen LogP contribution in [0.2, 0.25) is 10.0 Å². The maximum Gasteiger partial charge on any atom is 0.340 e. The molecule has 0 saturated carbocycles. The van der Waals surface area contributed by atoms with Crippen LogP contribution in [0.1, 0.15) is 34.0 Å². The number of esters is 1. The smallest absolute Gasteiger partial charge is 0.340 e. The predicted molar refractivity (Wildman–Crippen MR) is 111 cm³/mol. The minimum atomic E-state index is -1.36. The molecule has 0 saturated heterocycles. The molecule has 9 heteroatoms. The first-order valence-electron chi connectivity index (χ1n) is 8.91. The molecule has 1 spiro atoms. The number of phenols is 2. The molecule has 0 aromatic heterocycles. The van der Waals surface area contributed by atoms with Gasteiger partial charge in [-0.25, -0.2) is 4.79 Å². The van der Waals surface area contributed by atoms with Gasteiger partial charge in [-0.15, -0.1) is 0 Å². The predicted octanol–water partition coefficient (Wildman–Crippen LogP) is 5.06. The van der Waals surface area contributed by atoms with Gasteiger partial charge in [0.05, 0.1) is 15.6 Å². The van der Waals surface area contributed by atoms with Crippen molar-refractivity contribution < 1.29 is 34.4 Å². The molecule has 31 heavy (non-hydrogen) atoms. The lowest BCUT2D eigenvalue weighted by Crippen LogP contribution is -2.33. The molecule has 0 amide bonds. The van der Waals surface area contributed by atoms with Crippen molar-refractivity contribution in [1.29, 1.82) is 0 Å². The van der Waals surface area contributed by atoms with Gasteiger partial charge in [0.2, 0.25) is 0 Å². The van der Waals surface area contributed by atoms with E-state index >= 15 is 0 Å². The summed E-state index contributed by atoms with van der Waals surface area (Å²) in [6.07, 6.45) is 0. The number of fused-ring (bicyclic) bond motifs is 6. The Kier molecular flexibility index (Phi) is 4.95. The standard InChI is InChI=1S/C20H10Cl2O5.C2H4O2/c21-13-5-11-17(7-15(13)23)26-18-8-16(24)14(22)6-12(18)20(11)10-4-2-1-3-9(10)19(25)27-20;1-2(3)4/h1-8,23-24H;1H3,(H,3,4). The van der Waals surface area contributed by atoms with Crippen LogP contribution >= 0.6 is 23.2 Å². The highest BCUT2D eigenvalue weighted by Crippen LogP contribution is 2.58. The highest BCUT2D eigenvalue weighted by molar-refractivity contribution is 6.32. The van der Waals surface area contributed by atoms with Gasteiger partial charge in [0.1, 0.15) is 23.0 Å². The zero-order chi connectivity index (χ0) is 22.5. The summed E-state index contributed by atoms with van der Waals surface area (Å²) in [5.74, 6) is -1.17. The normalized spacial score (nSPS) is 14.4. The van der Waals surface area contributed by atoms with E-state index in [0.717, 1.165) is 6.92 Å². The summed E-state index contributed by atoms with van der Waals surface area (Å²) in [6.45, 7) is 1.08. The molecule has 7 nitrogen and oxygen atoms in total. The first-order valence-corrected chi connectivity index (χ1v) is 9.67. The number of phenolic OH excluding ortho intramolecular Hbond substituents is 2. The molecule has 3 N–H and O–H groups in total. The number of hydrogen-bond acceptors (Lipinski definition) is 6. The lowest BCUT2D eigenvalue weighted by molar-refractivity contribution is -0.134. The summed E-state index contributed by atoms with van der Waals surface area (Å²) in [6, 6.07) is 12.7. The number of carbonyl (C=O) groups is 2. The fourth-order valence-electron chi connectivity index (χ4n) is 3.69. The summed E-state index contributed by atoms with van der Waals surface area (Å²) < 4.78 is 11.8. The number of carboxylic acid groups (broad SMARTS) is 1. The third kappa shape index (κ3) is 3.22. The highest BCUT2D eigenvalue weighted by Gasteiger charge is 2.54. The summed E-state index contributed by atoms with van der Waals surface area (Å²) in [5.41, 5.74) is 0.565. The first kappa shape index (κ1) is 20.8. The molecular weight excluding hydrogens is 447 g/mol. The molecule has 0 bridgehead atoms. The van der Waals surface area contributed by atoms with Crippen molar-refractivity contribution in [3.63, 3.8) is 0 Å². The zero-order valence-electron chi connectivity index (χ0n) is 15.8. The second-order valence-corrected chi connectivity index (χ2v) is 7.65. The van der Waals surface area contributed by atoms with Gasteiger partial charge in [-0.2, -0.15) is 0 Å². The Morgan fingerprint density at radius 3 is 1.90 bits per heavy atom. The Morgan fingerprint density at radius 2 is 1.39 bits per heavy atom. The molecule has 5 rings (SSSR count). The van der Waals surface area contributed by atoms with Crippen molar-refractivity contribution >= 4 is 35.1 Å². The van der Waals surface area contributed by atoms with Crippen LogP contribution < -0.4 is 4.74 Å². The topological polar surface area (TPSA) is 113 Å². The number of carbonyl (C=O) groups excluding carboxylic acids is 1. The van der Waals surface area contributed by atoms with Crippen LogP contribution in [0.4, 0.5) is 0 Å².